The van der Waals surface area contributed by atoms with Crippen LogP contribution in [-0.2, 0) is 19.5 Å². The van der Waals surface area contributed by atoms with Crippen molar-refractivity contribution in [3.05, 3.63) is 77.4 Å². The Labute approximate surface area is 174 Å². The van der Waals surface area contributed by atoms with E-state index in [0.717, 1.165) is 28.5 Å². The number of esters is 2. The minimum absolute atomic E-state index is 0.0708. The van der Waals surface area contributed by atoms with Gasteiger partial charge in [-0.05, 0) is 41.5 Å². The van der Waals surface area contributed by atoms with Gasteiger partial charge < -0.3 is 9.47 Å². The number of hydrogen-bond donors (Lipinski definition) is 1. The van der Waals surface area contributed by atoms with Crippen molar-refractivity contribution >= 4 is 32.7 Å². The molecule has 7 nitrogen and oxygen atoms in total. The normalized spacial score (nSPS) is 12.4. The van der Waals surface area contributed by atoms with Gasteiger partial charge >= 0.3 is 11.9 Å². The van der Waals surface area contributed by atoms with Crippen molar-refractivity contribution in [2.24, 2.45) is 0 Å². The topological polar surface area (TPSA) is 98.8 Å². The second-order valence-electron chi connectivity index (χ2n) is 6.64. The van der Waals surface area contributed by atoms with Crippen molar-refractivity contribution in [3.63, 3.8) is 0 Å². The van der Waals surface area contributed by atoms with Crippen molar-refractivity contribution in [1.82, 2.24) is 4.72 Å². The Balaban J connectivity index is 2.02. The molecule has 156 valence electrons. The number of carbonyl (C=O) groups excluding carboxylic acids is 2. The van der Waals surface area contributed by atoms with E-state index in [9.17, 15) is 18.0 Å². The zero-order valence-corrected chi connectivity index (χ0v) is 17.5. The molecule has 0 spiro atoms. The molecule has 1 atom stereocenters. The van der Waals surface area contributed by atoms with Gasteiger partial charge in [0.15, 0.2) is 0 Å². The zero-order valence-electron chi connectivity index (χ0n) is 16.7. The molecular formula is C22H21NO6S. The van der Waals surface area contributed by atoms with E-state index in [0.29, 0.717) is 0 Å². The Kier molecular flexibility index (Phi) is 6.19. The maximum absolute atomic E-state index is 13.1. The highest BCUT2D eigenvalue weighted by Gasteiger charge is 2.23. The number of sulfonamides is 1. The van der Waals surface area contributed by atoms with Crippen LogP contribution in [0.25, 0.3) is 10.8 Å². The smallest absolute Gasteiger partial charge is 0.337 e. The lowest BCUT2D eigenvalue weighted by Gasteiger charge is -2.17. The molecule has 0 fully saturated rings. The number of ether oxygens (including phenoxy) is 2. The summed E-state index contributed by atoms with van der Waals surface area (Å²) < 4.78 is 38.1. The summed E-state index contributed by atoms with van der Waals surface area (Å²) in [4.78, 5) is 23.7. The average molecular weight is 427 g/mol. The van der Waals surface area contributed by atoms with Gasteiger partial charge in [0.1, 0.15) is 0 Å². The summed E-state index contributed by atoms with van der Waals surface area (Å²) in [6.45, 7) is 1.73. The summed E-state index contributed by atoms with van der Waals surface area (Å²) >= 11 is 0. The number of benzene rings is 3. The molecule has 3 aromatic carbocycles. The van der Waals surface area contributed by atoms with E-state index in [4.69, 9.17) is 0 Å². The molecule has 0 saturated heterocycles. The number of nitrogens with one attached hydrogen (secondary N) is 1. The van der Waals surface area contributed by atoms with E-state index < -0.39 is 28.0 Å². The first-order valence-corrected chi connectivity index (χ1v) is 10.6. The summed E-state index contributed by atoms with van der Waals surface area (Å²) in [7, 11) is -1.73. The Bertz CT molecular complexity index is 1180. The number of fused-ring (bicyclic) bond motifs is 1. The summed E-state index contributed by atoms with van der Waals surface area (Å²) in [6, 6.07) is 16.3. The first kappa shape index (κ1) is 21.5. The number of hydrogen-bond acceptors (Lipinski definition) is 6. The van der Waals surface area contributed by atoms with Gasteiger partial charge in [-0.2, -0.15) is 0 Å². The molecule has 0 aliphatic heterocycles. The SMILES string of the molecule is COC(=O)c1cc(C(=O)OC)cc(S(=O)(=O)NC(C)c2cccc3ccccc23)c1. The quantitative estimate of drug-likeness (QED) is 0.605. The molecule has 0 amide bonds. The highest BCUT2D eigenvalue weighted by Crippen LogP contribution is 2.26. The van der Waals surface area contributed by atoms with E-state index in [1.165, 1.54) is 20.3 Å². The first-order chi connectivity index (χ1) is 14.3. The van der Waals surface area contributed by atoms with Crippen LogP contribution in [0.1, 0.15) is 39.2 Å². The van der Waals surface area contributed by atoms with Crippen molar-refractivity contribution in [2.75, 3.05) is 14.2 Å². The Morgan fingerprint density at radius 3 is 2.03 bits per heavy atom. The van der Waals surface area contributed by atoms with E-state index >= 15 is 0 Å². The van der Waals surface area contributed by atoms with Gasteiger partial charge in [0, 0.05) is 6.04 Å². The minimum Gasteiger partial charge on any atom is -0.465 e. The number of rotatable bonds is 6. The second-order valence-corrected chi connectivity index (χ2v) is 8.35. The van der Waals surface area contributed by atoms with Gasteiger partial charge in [-0.15, -0.1) is 0 Å². The molecular weight excluding hydrogens is 406 g/mol. The van der Waals surface area contributed by atoms with Crippen LogP contribution in [-0.4, -0.2) is 34.6 Å². The van der Waals surface area contributed by atoms with Gasteiger partial charge in [-0.1, -0.05) is 42.5 Å². The molecule has 0 aliphatic carbocycles. The zero-order chi connectivity index (χ0) is 21.9. The monoisotopic (exact) mass is 427 g/mol. The minimum atomic E-state index is -4.07. The lowest BCUT2D eigenvalue weighted by molar-refractivity contribution is 0.0598. The number of methoxy groups -OCH3 is 2. The molecule has 8 heteroatoms. The lowest BCUT2D eigenvalue weighted by atomic mass is 10.0. The Hall–Kier alpha value is -3.23. The van der Waals surface area contributed by atoms with Gasteiger partial charge in [-0.3, -0.25) is 0 Å². The van der Waals surface area contributed by atoms with Gasteiger partial charge in [0.05, 0.1) is 30.2 Å². The van der Waals surface area contributed by atoms with Crippen molar-refractivity contribution < 1.29 is 27.5 Å². The lowest BCUT2D eigenvalue weighted by Crippen LogP contribution is -2.27. The molecule has 0 heterocycles. The van der Waals surface area contributed by atoms with Crippen LogP contribution >= 0.6 is 0 Å². The summed E-state index contributed by atoms with van der Waals surface area (Å²) in [5, 5.41) is 1.91. The number of carbonyl (C=O) groups is 2. The van der Waals surface area contributed by atoms with Crippen LogP contribution < -0.4 is 4.72 Å². The Morgan fingerprint density at radius 2 is 1.43 bits per heavy atom. The van der Waals surface area contributed by atoms with Gasteiger partial charge in [0.25, 0.3) is 0 Å². The molecule has 3 aromatic rings. The third-order valence-electron chi connectivity index (χ3n) is 4.68. The van der Waals surface area contributed by atoms with E-state index in [1.807, 2.05) is 42.5 Å². The molecule has 0 aromatic heterocycles. The van der Waals surface area contributed by atoms with Crippen molar-refractivity contribution in [2.45, 2.75) is 17.9 Å². The van der Waals surface area contributed by atoms with Crippen LogP contribution in [0.5, 0.6) is 0 Å². The fourth-order valence-corrected chi connectivity index (χ4v) is 4.51. The Morgan fingerprint density at radius 1 is 0.867 bits per heavy atom. The fraction of sp³-hybridized carbons (Fsp3) is 0.182. The molecule has 1 unspecified atom stereocenters. The predicted molar refractivity (Wildman–Crippen MR) is 112 cm³/mol. The molecule has 3 rings (SSSR count). The van der Waals surface area contributed by atoms with Crippen LogP contribution in [0.2, 0.25) is 0 Å². The van der Waals surface area contributed by atoms with Crippen LogP contribution in [0.15, 0.2) is 65.6 Å². The summed E-state index contributed by atoms with van der Waals surface area (Å²) in [5.74, 6) is -1.53. The van der Waals surface area contributed by atoms with Crippen molar-refractivity contribution in [3.8, 4) is 0 Å². The van der Waals surface area contributed by atoms with E-state index in [1.54, 1.807) is 6.92 Å². The average Bonchev–Trinajstić information content (AvgIpc) is 2.76. The van der Waals surface area contributed by atoms with Gasteiger partial charge in [-0.25, -0.2) is 22.7 Å². The maximum atomic E-state index is 13.1. The third kappa shape index (κ3) is 4.34. The largest absolute Gasteiger partial charge is 0.465 e. The van der Waals surface area contributed by atoms with Crippen LogP contribution in [0.4, 0.5) is 0 Å². The molecule has 0 bridgehead atoms. The predicted octanol–water partition coefficient (Wildman–Crippen LogP) is 3.45. The standard InChI is InChI=1S/C22H21NO6S/c1-14(19-10-6-8-15-7-4-5-9-20(15)19)23-30(26,27)18-12-16(21(24)28-2)11-17(13-18)22(25)29-3/h4-14,23H,1-3H3. The highest BCUT2D eigenvalue weighted by molar-refractivity contribution is 7.89. The molecule has 0 radical (unpaired) electrons. The molecule has 30 heavy (non-hydrogen) atoms. The first-order valence-electron chi connectivity index (χ1n) is 9.08. The third-order valence-corrected chi connectivity index (χ3v) is 6.20. The van der Waals surface area contributed by atoms with E-state index in [2.05, 4.69) is 14.2 Å². The maximum Gasteiger partial charge on any atom is 0.337 e. The van der Waals surface area contributed by atoms with Crippen LogP contribution in [0.3, 0.4) is 0 Å². The molecule has 0 saturated carbocycles. The molecule has 0 aliphatic rings. The van der Waals surface area contributed by atoms with Gasteiger partial charge in [0.2, 0.25) is 10.0 Å². The summed E-state index contributed by atoms with van der Waals surface area (Å²) in [5.41, 5.74) is 0.658. The highest BCUT2D eigenvalue weighted by atomic mass is 32.2. The van der Waals surface area contributed by atoms with Crippen LogP contribution in [0, 0.1) is 0 Å². The molecule has 1 N–H and O–H groups in total. The van der Waals surface area contributed by atoms with Crippen molar-refractivity contribution in [1.29, 1.82) is 0 Å². The fourth-order valence-electron chi connectivity index (χ4n) is 3.22. The van der Waals surface area contributed by atoms with E-state index in [-0.39, 0.29) is 16.0 Å². The second kappa shape index (κ2) is 8.64. The summed E-state index contributed by atoms with van der Waals surface area (Å²) in [6.07, 6.45) is 0.